The highest BCUT2D eigenvalue weighted by Gasteiger charge is 2.22. The fourth-order valence-electron chi connectivity index (χ4n) is 6.30. The smallest absolute Gasteiger partial charge is 0.338 e. The van der Waals surface area contributed by atoms with Crippen molar-refractivity contribution >= 4 is 11.9 Å². The molecule has 0 aromatic heterocycles. The Balaban J connectivity index is 1.17. The number of benzene rings is 3. The standard InChI is InChI=1S/C36H42O4/c37-35(32-20-16-29(17-21-32)24-27-10-4-1-5-11-27)39-26-34(31-14-8-3-9-15-31)40-36(38)33-22-18-30(19-23-33)25-28-12-6-2-7-13-28/h3,8-9,14-23,27-28,34H,1-2,4-7,10-13,24-26H2. The van der Waals surface area contributed by atoms with E-state index in [0.717, 1.165) is 30.2 Å². The molecular weight excluding hydrogens is 496 g/mol. The molecular formula is C36H42O4. The second kappa shape index (κ2) is 14.3. The van der Waals surface area contributed by atoms with Crippen molar-refractivity contribution < 1.29 is 19.1 Å². The van der Waals surface area contributed by atoms with Gasteiger partial charge in [-0.15, -0.1) is 0 Å². The summed E-state index contributed by atoms with van der Waals surface area (Å²) in [5, 5.41) is 0. The highest BCUT2D eigenvalue weighted by molar-refractivity contribution is 5.90. The van der Waals surface area contributed by atoms with Gasteiger partial charge in [-0.25, -0.2) is 9.59 Å². The maximum Gasteiger partial charge on any atom is 0.338 e. The molecule has 2 aliphatic rings. The number of hydrogen-bond acceptors (Lipinski definition) is 4. The van der Waals surface area contributed by atoms with Crippen LogP contribution in [-0.4, -0.2) is 18.5 Å². The molecule has 4 heteroatoms. The molecule has 3 aromatic rings. The van der Waals surface area contributed by atoms with E-state index in [1.807, 2.05) is 78.9 Å². The van der Waals surface area contributed by atoms with Crippen molar-refractivity contribution in [1.29, 1.82) is 0 Å². The van der Waals surface area contributed by atoms with E-state index in [1.54, 1.807) is 0 Å². The molecule has 3 aromatic carbocycles. The van der Waals surface area contributed by atoms with Gasteiger partial charge < -0.3 is 9.47 Å². The van der Waals surface area contributed by atoms with Gasteiger partial charge in [-0.2, -0.15) is 0 Å². The summed E-state index contributed by atoms with van der Waals surface area (Å²) in [5.41, 5.74) is 4.35. The van der Waals surface area contributed by atoms with Gasteiger partial charge in [-0.1, -0.05) is 119 Å². The molecule has 0 N–H and O–H groups in total. The van der Waals surface area contributed by atoms with E-state index in [2.05, 4.69) is 0 Å². The topological polar surface area (TPSA) is 52.6 Å². The van der Waals surface area contributed by atoms with Gasteiger partial charge in [0.2, 0.25) is 0 Å². The first-order valence-corrected chi connectivity index (χ1v) is 15.2. The molecule has 40 heavy (non-hydrogen) atoms. The predicted molar refractivity (Wildman–Crippen MR) is 158 cm³/mol. The van der Waals surface area contributed by atoms with Crippen LogP contribution < -0.4 is 0 Å². The monoisotopic (exact) mass is 538 g/mol. The molecule has 1 atom stereocenters. The lowest BCUT2D eigenvalue weighted by Crippen LogP contribution is -2.19. The summed E-state index contributed by atoms with van der Waals surface area (Å²) >= 11 is 0. The SMILES string of the molecule is O=C(OCC(OC(=O)c1ccc(CC2CCCCC2)cc1)c1ccccc1)c1ccc(CC2CCCCC2)cc1. The van der Waals surface area contributed by atoms with Crippen LogP contribution in [0.5, 0.6) is 0 Å². The molecule has 0 amide bonds. The second-order valence-corrected chi connectivity index (χ2v) is 11.7. The summed E-state index contributed by atoms with van der Waals surface area (Å²) in [6.45, 7) is -0.0435. The number of ether oxygens (including phenoxy) is 2. The summed E-state index contributed by atoms with van der Waals surface area (Å²) in [4.78, 5) is 26.0. The Hall–Kier alpha value is -3.40. The first kappa shape index (κ1) is 28.1. The molecule has 2 saturated carbocycles. The quantitative estimate of drug-likeness (QED) is 0.242. The lowest BCUT2D eigenvalue weighted by atomic mass is 9.85. The van der Waals surface area contributed by atoms with Crippen molar-refractivity contribution in [1.82, 2.24) is 0 Å². The number of carbonyl (C=O) groups excluding carboxylic acids is 2. The molecule has 0 aliphatic heterocycles. The lowest BCUT2D eigenvalue weighted by molar-refractivity contribution is -0.00133. The maximum absolute atomic E-state index is 13.1. The minimum absolute atomic E-state index is 0.0435. The first-order valence-electron chi connectivity index (χ1n) is 15.2. The van der Waals surface area contributed by atoms with Crippen LogP contribution in [0.4, 0.5) is 0 Å². The van der Waals surface area contributed by atoms with Crippen molar-refractivity contribution in [3.05, 3.63) is 107 Å². The predicted octanol–water partition coefficient (Wildman–Crippen LogP) is 8.69. The summed E-state index contributed by atoms with van der Waals surface area (Å²) in [5.74, 6) is 0.673. The van der Waals surface area contributed by atoms with Crippen LogP contribution in [0.1, 0.15) is 108 Å². The molecule has 4 nitrogen and oxygen atoms in total. The zero-order chi connectivity index (χ0) is 27.6. The molecule has 210 valence electrons. The van der Waals surface area contributed by atoms with E-state index in [4.69, 9.17) is 9.47 Å². The van der Waals surface area contributed by atoms with Crippen LogP contribution in [0.25, 0.3) is 0 Å². The lowest BCUT2D eigenvalue weighted by Gasteiger charge is -2.21. The molecule has 1 unspecified atom stereocenters. The van der Waals surface area contributed by atoms with E-state index in [1.165, 1.54) is 75.3 Å². The number of hydrogen-bond donors (Lipinski definition) is 0. The molecule has 0 heterocycles. The van der Waals surface area contributed by atoms with E-state index >= 15 is 0 Å². The van der Waals surface area contributed by atoms with Gasteiger partial charge in [0.05, 0.1) is 11.1 Å². The van der Waals surface area contributed by atoms with Crippen LogP contribution in [0.15, 0.2) is 78.9 Å². The van der Waals surface area contributed by atoms with E-state index in [9.17, 15) is 9.59 Å². The number of esters is 2. The Morgan fingerprint density at radius 1 is 0.600 bits per heavy atom. The normalized spacial score (nSPS) is 17.2. The Labute approximate surface area is 239 Å². The molecule has 2 aliphatic carbocycles. The van der Waals surface area contributed by atoms with Gasteiger partial charge in [0.1, 0.15) is 6.61 Å². The van der Waals surface area contributed by atoms with Gasteiger partial charge in [0, 0.05) is 0 Å². The molecule has 0 saturated heterocycles. The van der Waals surface area contributed by atoms with Gasteiger partial charge in [0.15, 0.2) is 6.10 Å². The third-order valence-electron chi connectivity index (χ3n) is 8.66. The Morgan fingerprint density at radius 3 is 1.57 bits per heavy atom. The summed E-state index contributed by atoms with van der Waals surface area (Å²) in [7, 11) is 0. The largest absolute Gasteiger partial charge is 0.458 e. The van der Waals surface area contributed by atoms with Crippen LogP contribution >= 0.6 is 0 Å². The number of rotatable bonds is 10. The van der Waals surface area contributed by atoms with Gasteiger partial charge in [-0.05, 0) is 65.6 Å². The van der Waals surface area contributed by atoms with Crippen molar-refractivity contribution in [2.24, 2.45) is 11.8 Å². The molecule has 0 bridgehead atoms. The second-order valence-electron chi connectivity index (χ2n) is 11.7. The van der Waals surface area contributed by atoms with Crippen LogP contribution in [0.2, 0.25) is 0 Å². The Morgan fingerprint density at radius 2 is 1.07 bits per heavy atom. The molecule has 5 rings (SSSR count). The van der Waals surface area contributed by atoms with Crippen LogP contribution in [0, 0.1) is 11.8 Å². The average molecular weight is 539 g/mol. The highest BCUT2D eigenvalue weighted by atomic mass is 16.6. The zero-order valence-electron chi connectivity index (χ0n) is 23.6. The summed E-state index contributed by atoms with van der Waals surface area (Å²) in [6, 6.07) is 25.0. The summed E-state index contributed by atoms with van der Waals surface area (Å²) in [6.07, 6.45) is 14.7. The fourth-order valence-corrected chi connectivity index (χ4v) is 6.30. The van der Waals surface area contributed by atoms with Crippen molar-refractivity contribution in [3.63, 3.8) is 0 Å². The maximum atomic E-state index is 13.1. The van der Waals surface area contributed by atoms with Gasteiger partial charge in [0.25, 0.3) is 0 Å². The zero-order valence-corrected chi connectivity index (χ0v) is 23.6. The molecule has 2 fully saturated rings. The number of carbonyl (C=O) groups is 2. The van der Waals surface area contributed by atoms with E-state index in [-0.39, 0.29) is 6.61 Å². The van der Waals surface area contributed by atoms with Crippen molar-refractivity contribution in [2.75, 3.05) is 6.61 Å². The van der Waals surface area contributed by atoms with Crippen LogP contribution in [-0.2, 0) is 22.3 Å². The third-order valence-corrected chi connectivity index (χ3v) is 8.66. The van der Waals surface area contributed by atoms with Gasteiger partial charge >= 0.3 is 11.9 Å². The molecule has 0 spiro atoms. The van der Waals surface area contributed by atoms with Crippen LogP contribution in [0.3, 0.4) is 0 Å². The first-order chi connectivity index (χ1) is 19.6. The highest BCUT2D eigenvalue weighted by Crippen LogP contribution is 2.28. The molecule has 0 radical (unpaired) electrons. The minimum Gasteiger partial charge on any atom is -0.458 e. The average Bonchev–Trinajstić information content (AvgIpc) is 3.01. The van der Waals surface area contributed by atoms with Crippen molar-refractivity contribution in [2.45, 2.75) is 83.2 Å². The summed E-state index contributed by atoms with van der Waals surface area (Å²) < 4.78 is 11.5. The minimum atomic E-state index is -0.690. The van der Waals surface area contributed by atoms with Crippen molar-refractivity contribution in [3.8, 4) is 0 Å². The third kappa shape index (κ3) is 8.06. The van der Waals surface area contributed by atoms with E-state index in [0.29, 0.717) is 11.1 Å². The van der Waals surface area contributed by atoms with Gasteiger partial charge in [-0.3, -0.25) is 0 Å². The Bertz CT molecular complexity index is 1200. The van der Waals surface area contributed by atoms with E-state index < -0.39 is 18.0 Å². The Kier molecular flexibility index (Phi) is 10.1. The fraction of sp³-hybridized carbons (Fsp3) is 0.444.